The van der Waals surface area contributed by atoms with E-state index in [0.29, 0.717) is 0 Å². The number of sulfonamides is 1. The zero-order valence-electron chi connectivity index (χ0n) is 10.3. The molecule has 1 aromatic rings. The highest BCUT2D eigenvalue weighted by molar-refractivity contribution is 7.89. The van der Waals surface area contributed by atoms with Gasteiger partial charge in [-0.15, -0.1) is 0 Å². The highest BCUT2D eigenvalue weighted by Gasteiger charge is 2.37. The van der Waals surface area contributed by atoms with Gasteiger partial charge in [-0.25, -0.2) is 12.8 Å². The van der Waals surface area contributed by atoms with E-state index in [1.807, 2.05) is 0 Å². The van der Waals surface area contributed by atoms with Crippen molar-refractivity contribution in [3.63, 3.8) is 0 Å². The molecule has 0 unspecified atom stereocenters. The van der Waals surface area contributed by atoms with Crippen molar-refractivity contribution in [2.75, 3.05) is 13.1 Å². The minimum Gasteiger partial charge on any atom is -0.207 e. The Hall–Kier alpha value is -1.66. The van der Waals surface area contributed by atoms with E-state index in [9.17, 15) is 26.0 Å². The van der Waals surface area contributed by atoms with E-state index >= 15 is 0 Å². The van der Waals surface area contributed by atoms with Gasteiger partial charge < -0.3 is 0 Å². The van der Waals surface area contributed by atoms with Crippen LogP contribution in [-0.2, 0) is 10.0 Å². The first kappa shape index (κ1) is 16.4. The quantitative estimate of drug-likeness (QED) is 0.802. The third-order valence-electron chi connectivity index (χ3n) is 2.41. The fraction of sp³-hybridized carbons (Fsp3) is 0.364. The molecule has 0 aliphatic heterocycles. The molecule has 1 aromatic carbocycles. The lowest BCUT2D eigenvalue weighted by Crippen LogP contribution is -2.39. The molecular weight excluding hydrogens is 300 g/mol. The molecule has 0 atom stereocenters. The van der Waals surface area contributed by atoms with Crippen LogP contribution in [0.15, 0.2) is 23.1 Å². The molecule has 0 saturated heterocycles. The van der Waals surface area contributed by atoms with Crippen LogP contribution in [0.3, 0.4) is 0 Å². The second-order valence-corrected chi connectivity index (χ2v) is 5.68. The molecule has 0 saturated carbocycles. The van der Waals surface area contributed by atoms with Crippen molar-refractivity contribution in [2.24, 2.45) is 0 Å². The average Bonchev–Trinajstić information content (AvgIpc) is 2.34. The zero-order chi connectivity index (χ0) is 15.6. The second kappa shape index (κ2) is 5.76. The van der Waals surface area contributed by atoms with Crippen molar-refractivity contribution >= 4 is 10.0 Å². The predicted molar refractivity (Wildman–Crippen MR) is 61.6 cm³/mol. The van der Waals surface area contributed by atoms with Crippen LogP contribution in [0.5, 0.6) is 0 Å². The first-order valence-corrected chi connectivity index (χ1v) is 6.83. The maximum atomic E-state index is 13.4. The molecular formula is C11H10F4N2O2S. The molecule has 0 aromatic heterocycles. The standard InChI is InChI=1S/C11H10F4N2O2S/c1-2-17(7-11(13,14)15)20(18,19)10-5-3-4-9(12)8(10)6-16/h3-5H,2,7H2,1H3. The van der Waals surface area contributed by atoms with Crippen LogP contribution in [0.25, 0.3) is 0 Å². The summed E-state index contributed by atoms with van der Waals surface area (Å²) in [5, 5.41) is 8.75. The normalized spacial score (nSPS) is 12.4. The molecule has 20 heavy (non-hydrogen) atoms. The summed E-state index contributed by atoms with van der Waals surface area (Å²) in [6, 6.07) is 4.13. The Balaban J connectivity index is 3.36. The molecule has 0 bridgehead atoms. The highest BCUT2D eigenvalue weighted by atomic mass is 32.2. The molecule has 0 aliphatic carbocycles. The van der Waals surface area contributed by atoms with E-state index in [-0.39, 0.29) is 4.31 Å². The lowest BCUT2D eigenvalue weighted by molar-refractivity contribution is -0.135. The molecule has 0 aliphatic rings. The minimum atomic E-state index is -4.73. The summed E-state index contributed by atoms with van der Waals surface area (Å²) in [6.07, 6.45) is -4.73. The molecule has 0 amide bonds. The van der Waals surface area contributed by atoms with E-state index in [0.717, 1.165) is 18.2 Å². The monoisotopic (exact) mass is 310 g/mol. The molecule has 0 spiro atoms. The number of hydrogen-bond acceptors (Lipinski definition) is 3. The fourth-order valence-corrected chi connectivity index (χ4v) is 3.12. The van der Waals surface area contributed by atoms with Gasteiger partial charge in [-0.2, -0.15) is 22.7 Å². The number of rotatable bonds is 4. The van der Waals surface area contributed by atoms with Crippen molar-refractivity contribution in [3.8, 4) is 6.07 Å². The van der Waals surface area contributed by atoms with Crippen molar-refractivity contribution < 1.29 is 26.0 Å². The minimum absolute atomic E-state index is 0.141. The van der Waals surface area contributed by atoms with Gasteiger partial charge in [0.25, 0.3) is 0 Å². The van der Waals surface area contributed by atoms with Gasteiger partial charge in [0, 0.05) is 6.54 Å². The summed E-state index contributed by atoms with van der Waals surface area (Å²) in [4.78, 5) is -0.772. The number of nitrogens with zero attached hydrogens (tertiary/aromatic N) is 2. The van der Waals surface area contributed by atoms with Crippen molar-refractivity contribution in [1.82, 2.24) is 4.31 Å². The number of nitriles is 1. The SMILES string of the molecule is CCN(CC(F)(F)F)S(=O)(=O)c1cccc(F)c1C#N. The van der Waals surface area contributed by atoms with Gasteiger partial charge in [0.1, 0.15) is 28.9 Å². The highest BCUT2D eigenvalue weighted by Crippen LogP contribution is 2.25. The van der Waals surface area contributed by atoms with Crippen molar-refractivity contribution in [3.05, 3.63) is 29.6 Å². The molecule has 110 valence electrons. The van der Waals surface area contributed by atoms with Gasteiger partial charge in [0.2, 0.25) is 10.0 Å². The van der Waals surface area contributed by atoms with Crippen molar-refractivity contribution in [1.29, 1.82) is 5.26 Å². The third-order valence-corrected chi connectivity index (χ3v) is 4.38. The Kier molecular flexibility index (Phi) is 4.73. The van der Waals surface area contributed by atoms with Gasteiger partial charge in [-0.1, -0.05) is 13.0 Å². The molecule has 0 heterocycles. The van der Waals surface area contributed by atoms with E-state index in [1.54, 1.807) is 0 Å². The first-order chi connectivity index (χ1) is 9.13. The fourth-order valence-electron chi connectivity index (χ4n) is 1.53. The van der Waals surface area contributed by atoms with Gasteiger partial charge in [-0.05, 0) is 12.1 Å². The molecule has 4 nitrogen and oxygen atoms in total. The molecule has 9 heteroatoms. The number of hydrogen-bond donors (Lipinski definition) is 0. The lowest BCUT2D eigenvalue weighted by atomic mass is 10.2. The number of halogens is 4. The van der Waals surface area contributed by atoms with Crippen LogP contribution in [0.2, 0.25) is 0 Å². The topological polar surface area (TPSA) is 61.2 Å². The maximum absolute atomic E-state index is 13.4. The second-order valence-electron chi connectivity index (χ2n) is 3.77. The van der Waals surface area contributed by atoms with E-state index < -0.39 is 45.6 Å². The van der Waals surface area contributed by atoms with Gasteiger partial charge >= 0.3 is 6.18 Å². The zero-order valence-corrected chi connectivity index (χ0v) is 11.1. The van der Waals surface area contributed by atoms with E-state index in [1.165, 1.54) is 13.0 Å². The summed E-state index contributed by atoms with van der Waals surface area (Å²) in [7, 11) is -4.60. The first-order valence-electron chi connectivity index (χ1n) is 5.39. The maximum Gasteiger partial charge on any atom is 0.402 e. The van der Waals surface area contributed by atoms with Crippen LogP contribution in [0.1, 0.15) is 12.5 Å². The smallest absolute Gasteiger partial charge is 0.207 e. The Labute approximate surface area is 113 Å². The molecule has 0 radical (unpaired) electrons. The molecule has 1 rings (SSSR count). The largest absolute Gasteiger partial charge is 0.402 e. The van der Waals surface area contributed by atoms with Gasteiger partial charge in [0.15, 0.2) is 0 Å². The Bertz CT molecular complexity index is 635. The van der Waals surface area contributed by atoms with Crippen LogP contribution in [0.4, 0.5) is 17.6 Å². The summed E-state index contributed by atoms with van der Waals surface area (Å²) in [6.45, 7) is -0.939. The molecule has 0 fully saturated rings. The number of alkyl halides is 3. The van der Waals surface area contributed by atoms with Gasteiger partial charge in [-0.3, -0.25) is 0 Å². The predicted octanol–water partition coefficient (Wildman–Crippen LogP) is 2.27. The number of benzene rings is 1. The summed E-state index contributed by atoms with van der Waals surface area (Å²) in [5.41, 5.74) is -0.798. The lowest BCUT2D eigenvalue weighted by Gasteiger charge is -2.22. The third kappa shape index (κ3) is 3.46. The van der Waals surface area contributed by atoms with E-state index in [4.69, 9.17) is 5.26 Å². The van der Waals surface area contributed by atoms with E-state index in [2.05, 4.69) is 0 Å². The Morgan fingerprint density at radius 2 is 1.95 bits per heavy atom. The van der Waals surface area contributed by atoms with Crippen LogP contribution in [-0.4, -0.2) is 32.0 Å². The summed E-state index contributed by atoms with van der Waals surface area (Å²) < 4.78 is 74.7. The van der Waals surface area contributed by atoms with Crippen LogP contribution < -0.4 is 0 Å². The van der Waals surface area contributed by atoms with Crippen molar-refractivity contribution in [2.45, 2.75) is 18.0 Å². The Morgan fingerprint density at radius 1 is 1.35 bits per heavy atom. The van der Waals surface area contributed by atoms with Crippen LogP contribution in [0, 0.1) is 17.1 Å². The summed E-state index contributed by atoms with van der Waals surface area (Å²) in [5.74, 6) is -1.10. The van der Waals surface area contributed by atoms with Gasteiger partial charge in [0.05, 0.1) is 0 Å². The van der Waals surface area contributed by atoms with Crippen LogP contribution >= 0.6 is 0 Å². The average molecular weight is 310 g/mol. The molecule has 0 N–H and O–H groups in total. The Morgan fingerprint density at radius 3 is 2.40 bits per heavy atom. The summed E-state index contributed by atoms with van der Waals surface area (Å²) >= 11 is 0.